The van der Waals surface area contributed by atoms with Crippen molar-refractivity contribution in [2.24, 2.45) is 0 Å². The average Bonchev–Trinajstić information content (AvgIpc) is 2.97. The van der Waals surface area contributed by atoms with Gasteiger partial charge in [-0.15, -0.1) is 0 Å². The molecule has 1 aromatic rings. The Labute approximate surface area is 139 Å². The summed E-state index contributed by atoms with van der Waals surface area (Å²) in [6.45, 7) is 9.98. The molecule has 0 radical (unpaired) electrons. The van der Waals surface area contributed by atoms with Gasteiger partial charge in [0.2, 0.25) is 0 Å². The number of hydrogen-bond donors (Lipinski definition) is 0. The van der Waals surface area contributed by atoms with Crippen molar-refractivity contribution in [2.75, 3.05) is 45.9 Å². The third-order valence-corrected chi connectivity index (χ3v) is 6.02. The fraction of sp³-hybridized carbons (Fsp3) is 0.600. The zero-order chi connectivity index (χ0) is 15.7. The molecule has 0 bridgehead atoms. The third-order valence-electron chi connectivity index (χ3n) is 6.02. The Morgan fingerprint density at radius 1 is 1.09 bits per heavy atom. The second-order valence-electron chi connectivity index (χ2n) is 7.37. The van der Waals surface area contributed by atoms with Gasteiger partial charge in [0.25, 0.3) is 0 Å². The van der Waals surface area contributed by atoms with E-state index in [1.165, 1.54) is 38.0 Å². The third kappa shape index (κ3) is 2.98. The van der Waals surface area contributed by atoms with E-state index < -0.39 is 0 Å². The molecule has 2 fully saturated rings. The minimum atomic E-state index is 0.315. The summed E-state index contributed by atoms with van der Waals surface area (Å²) in [4.78, 5) is 5.25. The molecule has 1 unspecified atom stereocenters. The summed E-state index contributed by atoms with van der Waals surface area (Å²) in [6.07, 6.45) is 7.33. The van der Waals surface area contributed by atoms with E-state index in [4.69, 9.17) is 4.74 Å². The molecule has 1 aliphatic carbocycles. The van der Waals surface area contributed by atoms with Crippen LogP contribution in [0, 0.1) is 0 Å². The van der Waals surface area contributed by atoms with Crippen molar-refractivity contribution in [3.8, 4) is 0 Å². The van der Waals surface area contributed by atoms with Crippen LogP contribution in [0.5, 0.6) is 0 Å². The molecular formula is C20H28N2O. The van der Waals surface area contributed by atoms with Crippen LogP contribution >= 0.6 is 0 Å². The van der Waals surface area contributed by atoms with Crippen molar-refractivity contribution in [1.82, 2.24) is 9.80 Å². The average molecular weight is 312 g/mol. The van der Waals surface area contributed by atoms with Crippen molar-refractivity contribution >= 4 is 6.08 Å². The first kappa shape index (κ1) is 15.4. The van der Waals surface area contributed by atoms with Crippen LogP contribution in [0.25, 0.3) is 6.08 Å². The second-order valence-corrected chi connectivity index (χ2v) is 7.37. The van der Waals surface area contributed by atoms with Crippen molar-refractivity contribution in [1.29, 1.82) is 0 Å². The fourth-order valence-corrected chi connectivity index (χ4v) is 4.51. The molecule has 1 spiro atoms. The summed E-state index contributed by atoms with van der Waals surface area (Å²) in [5.74, 6) is 0. The van der Waals surface area contributed by atoms with Crippen LogP contribution in [0.1, 0.15) is 30.9 Å². The number of piperidine rings is 1. The first-order valence-electron chi connectivity index (χ1n) is 9.10. The van der Waals surface area contributed by atoms with E-state index in [0.29, 0.717) is 11.5 Å². The van der Waals surface area contributed by atoms with Crippen LogP contribution in [-0.2, 0) is 10.2 Å². The maximum absolute atomic E-state index is 5.47. The highest BCUT2D eigenvalue weighted by molar-refractivity contribution is 5.65. The van der Waals surface area contributed by atoms with Crippen LogP contribution < -0.4 is 0 Å². The minimum absolute atomic E-state index is 0.315. The number of benzene rings is 1. The number of rotatable bonds is 3. The van der Waals surface area contributed by atoms with Gasteiger partial charge in [0.1, 0.15) is 0 Å². The van der Waals surface area contributed by atoms with Crippen LogP contribution in [-0.4, -0.2) is 61.8 Å². The molecule has 124 valence electrons. The molecule has 23 heavy (non-hydrogen) atoms. The molecular weight excluding hydrogens is 284 g/mol. The molecule has 3 aliphatic rings. The fourth-order valence-electron chi connectivity index (χ4n) is 4.51. The summed E-state index contributed by atoms with van der Waals surface area (Å²) in [6, 6.07) is 9.58. The quantitative estimate of drug-likeness (QED) is 0.853. The molecule has 0 aromatic heterocycles. The highest BCUT2D eigenvalue weighted by Crippen LogP contribution is 2.43. The van der Waals surface area contributed by atoms with Crippen molar-refractivity contribution in [2.45, 2.75) is 31.2 Å². The van der Waals surface area contributed by atoms with E-state index >= 15 is 0 Å². The summed E-state index contributed by atoms with van der Waals surface area (Å²) in [7, 11) is 0. The molecule has 0 amide bonds. The van der Waals surface area contributed by atoms with Gasteiger partial charge >= 0.3 is 0 Å². The lowest BCUT2D eigenvalue weighted by molar-refractivity contribution is 0.00986. The summed E-state index contributed by atoms with van der Waals surface area (Å²) in [5, 5.41) is 0. The molecule has 4 rings (SSSR count). The lowest BCUT2D eigenvalue weighted by Gasteiger charge is -2.42. The Kier molecular flexibility index (Phi) is 4.27. The van der Waals surface area contributed by atoms with Gasteiger partial charge in [-0.25, -0.2) is 0 Å². The number of likely N-dealkylation sites (tertiary alicyclic amines) is 1. The lowest BCUT2D eigenvalue weighted by Crippen LogP contribution is -2.50. The van der Waals surface area contributed by atoms with Gasteiger partial charge in [-0.05, 0) is 44.0 Å². The SMILES string of the molecule is CC(CN1CCC2(C=Cc3ccccc32)CC1)N1CCOCC1. The van der Waals surface area contributed by atoms with Gasteiger partial charge in [-0.3, -0.25) is 4.90 Å². The van der Waals surface area contributed by atoms with Crippen LogP contribution in [0.2, 0.25) is 0 Å². The molecule has 0 saturated carbocycles. The van der Waals surface area contributed by atoms with Gasteiger partial charge in [0.05, 0.1) is 13.2 Å². The molecule has 3 heteroatoms. The monoisotopic (exact) mass is 312 g/mol. The number of allylic oxidation sites excluding steroid dienone is 1. The summed E-state index contributed by atoms with van der Waals surface area (Å²) < 4.78 is 5.47. The molecule has 1 aromatic carbocycles. The van der Waals surface area contributed by atoms with Crippen molar-refractivity contribution in [3.05, 3.63) is 41.5 Å². The Hall–Kier alpha value is -1.16. The first-order chi connectivity index (χ1) is 11.3. The van der Waals surface area contributed by atoms with Gasteiger partial charge in [-0.1, -0.05) is 36.4 Å². The molecule has 1 atom stereocenters. The second kappa shape index (κ2) is 6.39. The predicted molar refractivity (Wildman–Crippen MR) is 94.7 cm³/mol. The minimum Gasteiger partial charge on any atom is -0.379 e. The van der Waals surface area contributed by atoms with E-state index in [0.717, 1.165) is 26.3 Å². The van der Waals surface area contributed by atoms with E-state index in [-0.39, 0.29) is 0 Å². The largest absolute Gasteiger partial charge is 0.379 e. The highest BCUT2D eigenvalue weighted by Gasteiger charge is 2.38. The zero-order valence-electron chi connectivity index (χ0n) is 14.2. The normalized spacial score (nSPS) is 25.6. The zero-order valence-corrected chi connectivity index (χ0v) is 14.2. The van der Waals surface area contributed by atoms with Crippen LogP contribution in [0.15, 0.2) is 30.3 Å². The molecule has 2 aliphatic heterocycles. The van der Waals surface area contributed by atoms with E-state index in [1.807, 2.05) is 0 Å². The topological polar surface area (TPSA) is 15.7 Å². The maximum Gasteiger partial charge on any atom is 0.0594 e. The van der Waals surface area contributed by atoms with Crippen molar-refractivity contribution < 1.29 is 4.74 Å². The van der Waals surface area contributed by atoms with Crippen LogP contribution in [0.3, 0.4) is 0 Å². The van der Waals surface area contributed by atoms with E-state index in [9.17, 15) is 0 Å². The predicted octanol–water partition coefficient (Wildman–Crippen LogP) is 2.77. The van der Waals surface area contributed by atoms with Crippen molar-refractivity contribution in [3.63, 3.8) is 0 Å². The molecule has 2 heterocycles. The van der Waals surface area contributed by atoms with Gasteiger partial charge in [0, 0.05) is 31.1 Å². The van der Waals surface area contributed by atoms with E-state index in [2.05, 4.69) is 53.1 Å². The Morgan fingerprint density at radius 3 is 2.61 bits per heavy atom. The molecule has 3 nitrogen and oxygen atoms in total. The number of nitrogens with zero attached hydrogens (tertiary/aromatic N) is 2. The van der Waals surface area contributed by atoms with Gasteiger partial charge < -0.3 is 9.64 Å². The standard InChI is InChI=1S/C20H28N2O/c1-17(22-12-14-23-15-13-22)16-21-10-8-20(9-11-21)7-6-18-4-2-3-5-19(18)20/h2-7,17H,8-16H2,1H3. The Balaban J connectivity index is 1.36. The molecule has 0 N–H and O–H groups in total. The number of ether oxygens (including phenoxy) is 1. The van der Waals surface area contributed by atoms with Gasteiger partial charge in [-0.2, -0.15) is 0 Å². The smallest absolute Gasteiger partial charge is 0.0594 e. The number of hydrogen-bond acceptors (Lipinski definition) is 3. The van der Waals surface area contributed by atoms with Crippen LogP contribution in [0.4, 0.5) is 0 Å². The first-order valence-corrected chi connectivity index (χ1v) is 9.10. The Bertz CT molecular complexity index is 569. The van der Waals surface area contributed by atoms with E-state index in [1.54, 1.807) is 5.56 Å². The Morgan fingerprint density at radius 2 is 1.83 bits per heavy atom. The summed E-state index contributed by atoms with van der Waals surface area (Å²) >= 11 is 0. The van der Waals surface area contributed by atoms with Gasteiger partial charge in [0.15, 0.2) is 0 Å². The maximum atomic E-state index is 5.47. The molecule has 2 saturated heterocycles. The number of morpholine rings is 1. The lowest BCUT2D eigenvalue weighted by atomic mass is 9.74. The highest BCUT2D eigenvalue weighted by atomic mass is 16.5. The number of fused-ring (bicyclic) bond motifs is 2. The summed E-state index contributed by atoms with van der Waals surface area (Å²) in [5.41, 5.74) is 3.30.